The lowest BCUT2D eigenvalue weighted by Gasteiger charge is -2.44. The van der Waals surface area contributed by atoms with Gasteiger partial charge in [-0.25, -0.2) is 8.42 Å². The molecule has 0 saturated carbocycles. The molecule has 2 aliphatic heterocycles. The Morgan fingerprint density at radius 3 is 2.38 bits per heavy atom. The van der Waals surface area contributed by atoms with E-state index in [4.69, 9.17) is 5.11 Å². The van der Waals surface area contributed by atoms with Gasteiger partial charge in [-0.1, -0.05) is 20.8 Å². The van der Waals surface area contributed by atoms with Crippen molar-refractivity contribution in [3.8, 4) is 0 Å². The molecule has 0 spiro atoms. The van der Waals surface area contributed by atoms with Gasteiger partial charge in [0, 0.05) is 32.1 Å². The van der Waals surface area contributed by atoms with Gasteiger partial charge < -0.3 is 10.0 Å². The van der Waals surface area contributed by atoms with E-state index in [2.05, 4.69) is 0 Å². The molecule has 0 aromatic rings. The van der Waals surface area contributed by atoms with Crippen LogP contribution in [0.4, 0.5) is 0 Å². The first kappa shape index (κ1) is 16.7. The summed E-state index contributed by atoms with van der Waals surface area (Å²) in [6.07, 6.45) is 0.427. The number of hydrogen-bond donors (Lipinski definition) is 1. The van der Waals surface area contributed by atoms with Crippen LogP contribution in [0, 0.1) is 5.41 Å². The predicted octanol–water partition coefficient (Wildman–Crippen LogP) is -0.275. The number of aliphatic hydroxyl groups is 1. The number of fused-ring (bicyclic) bond motifs is 1. The number of carbonyl (C=O) groups is 1. The predicted molar refractivity (Wildman–Crippen MR) is 80.7 cm³/mol. The number of hydrogen-bond acceptors (Lipinski definition) is 5. The van der Waals surface area contributed by atoms with E-state index >= 15 is 0 Å². The Hall–Kier alpha value is -0.660. The fourth-order valence-electron chi connectivity index (χ4n) is 3.30. The second kappa shape index (κ2) is 5.85. The van der Waals surface area contributed by atoms with Crippen LogP contribution in [-0.4, -0.2) is 79.1 Å². The molecule has 7 heteroatoms. The Balaban J connectivity index is 2.17. The molecule has 2 rings (SSSR count). The van der Waals surface area contributed by atoms with Crippen LogP contribution in [0.25, 0.3) is 0 Å². The Morgan fingerprint density at radius 1 is 1.19 bits per heavy atom. The van der Waals surface area contributed by atoms with E-state index < -0.39 is 9.84 Å². The van der Waals surface area contributed by atoms with Gasteiger partial charge in [-0.15, -0.1) is 0 Å². The molecule has 2 saturated heterocycles. The summed E-state index contributed by atoms with van der Waals surface area (Å²) < 4.78 is 23.9. The first-order valence-corrected chi connectivity index (χ1v) is 9.30. The lowest BCUT2D eigenvalue weighted by molar-refractivity contribution is -0.139. The van der Waals surface area contributed by atoms with E-state index in [9.17, 15) is 13.2 Å². The molecule has 2 aliphatic rings. The summed E-state index contributed by atoms with van der Waals surface area (Å²) in [5, 5.41) is 9.12. The highest BCUT2D eigenvalue weighted by atomic mass is 32.2. The Bertz CT molecular complexity index is 498. The van der Waals surface area contributed by atoms with E-state index in [1.807, 2.05) is 25.7 Å². The molecule has 21 heavy (non-hydrogen) atoms. The van der Waals surface area contributed by atoms with Crippen molar-refractivity contribution in [3.05, 3.63) is 0 Å². The quantitative estimate of drug-likeness (QED) is 0.775. The van der Waals surface area contributed by atoms with Gasteiger partial charge in [-0.3, -0.25) is 9.69 Å². The number of carbonyl (C=O) groups excluding carboxylic acids is 1. The monoisotopic (exact) mass is 318 g/mol. The standard InChI is InChI=1S/C14H26N2O4S/c1-14(2,3)8-13(18)16-5-4-15(6-7-17)11-9-21(19,20)10-12(11)16/h11-12,17H,4-10H2,1-3H3/t11-,12+/m1/s1. The fourth-order valence-corrected chi connectivity index (χ4v) is 5.31. The largest absolute Gasteiger partial charge is 0.395 e. The highest BCUT2D eigenvalue weighted by Crippen LogP contribution is 2.29. The second-order valence-corrected chi connectivity index (χ2v) is 9.45. The van der Waals surface area contributed by atoms with Crippen molar-refractivity contribution in [2.24, 2.45) is 5.41 Å². The molecule has 6 nitrogen and oxygen atoms in total. The molecule has 0 aromatic carbocycles. The summed E-state index contributed by atoms with van der Waals surface area (Å²) in [5.74, 6) is 0.185. The van der Waals surface area contributed by atoms with Crippen LogP contribution in [0.3, 0.4) is 0 Å². The van der Waals surface area contributed by atoms with Crippen molar-refractivity contribution in [2.75, 3.05) is 37.7 Å². The number of sulfone groups is 1. The van der Waals surface area contributed by atoms with Crippen LogP contribution in [-0.2, 0) is 14.6 Å². The van der Waals surface area contributed by atoms with Crippen LogP contribution in [0.1, 0.15) is 27.2 Å². The van der Waals surface area contributed by atoms with Crippen LogP contribution < -0.4 is 0 Å². The maximum absolute atomic E-state index is 12.5. The maximum Gasteiger partial charge on any atom is 0.223 e. The van der Waals surface area contributed by atoms with Gasteiger partial charge >= 0.3 is 0 Å². The highest BCUT2D eigenvalue weighted by Gasteiger charge is 2.47. The second-order valence-electron chi connectivity index (χ2n) is 7.30. The molecule has 0 aromatic heterocycles. The summed E-state index contributed by atoms with van der Waals surface area (Å²) in [7, 11) is -3.11. The van der Waals surface area contributed by atoms with E-state index in [0.29, 0.717) is 26.1 Å². The van der Waals surface area contributed by atoms with Crippen molar-refractivity contribution in [1.29, 1.82) is 0 Å². The Morgan fingerprint density at radius 2 is 1.81 bits per heavy atom. The van der Waals surface area contributed by atoms with Gasteiger partial charge in [0.25, 0.3) is 0 Å². The molecule has 2 heterocycles. The lowest BCUT2D eigenvalue weighted by Crippen LogP contribution is -2.61. The van der Waals surface area contributed by atoms with E-state index in [1.54, 1.807) is 4.90 Å². The minimum atomic E-state index is -3.11. The van der Waals surface area contributed by atoms with Gasteiger partial charge in [0.2, 0.25) is 5.91 Å². The Labute approximate surface area is 127 Å². The van der Waals surface area contributed by atoms with Gasteiger partial charge in [0.05, 0.1) is 24.2 Å². The molecular formula is C14H26N2O4S. The van der Waals surface area contributed by atoms with Gasteiger partial charge in [0.15, 0.2) is 9.84 Å². The minimum absolute atomic E-state index is 0.0131. The minimum Gasteiger partial charge on any atom is -0.395 e. The molecule has 122 valence electrons. The first-order chi connectivity index (χ1) is 9.63. The normalized spacial score (nSPS) is 29.4. The smallest absolute Gasteiger partial charge is 0.223 e. The van der Waals surface area contributed by atoms with Gasteiger partial charge in [-0.2, -0.15) is 0 Å². The zero-order valence-electron chi connectivity index (χ0n) is 13.1. The van der Waals surface area contributed by atoms with Crippen LogP contribution in [0.15, 0.2) is 0 Å². The molecule has 0 unspecified atom stereocenters. The van der Waals surface area contributed by atoms with E-state index in [1.165, 1.54) is 0 Å². The van der Waals surface area contributed by atoms with Crippen molar-refractivity contribution < 1.29 is 18.3 Å². The summed E-state index contributed by atoms with van der Waals surface area (Å²) >= 11 is 0. The zero-order chi connectivity index (χ0) is 15.8. The van der Waals surface area contributed by atoms with Crippen molar-refractivity contribution in [3.63, 3.8) is 0 Å². The Kier molecular flexibility index (Phi) is 4.66. The molecule has 1 N–H and O–H groups in total. The summed E-state index contributed by atoms with van der Waals surface area (Å²) in [6.45, 7) is 7.69. The zero-order valence-corrected chi connectivity index (χ0v) is 13.9. The third-order valence-electron chi connectivity index (χ3n) is 4.18. The summed E-state index contributed by atoms with van der Waals surface area (Å²) in [6, 6.07) is -0.426. The average Bonchev–Trinajstić information content (AvgIpc) is 2.62. The number of rotatable bonds is 3. The van der Waals surface area contributed by atoms with Crippen molar-refractivity contribution in [1.82, 2.24) is 9.80 Å². The summed E-state index contributed by atoms with van der Waals surface area (Å²) in [4.78, 5) is 16.3. The number of β-amino-alcohol motifs (C(OH)–C–C–N with tert-alkyl or cyclic N) is 1. The van der Waals surface area contributed by atoms with Gasteiger partial charge in [0.1, 0.15) is 0 Å². The highest BCUT2D eigenvalue weighted by molar-refractivity contribution is 7.91. The van der Waals surface area contributed by atoms with Crippen molar-refractivity contribution >= 4 is 15.7 Å². The van der Waals surface area contributed by atoms with Crippen LogP contribution in [0.2, 0.25) is 0 Å². The SMILES string of the molecule is CC(C)(C)CC(=O)N1CCN(CCO)[C@@H]2CS(=O)(=O)C[C@@H]21. The summed E-state index contributed by atoms with van der Waals surface area (Å²) in [5.41, 5.74) is -0.105. The number of piperazine rings is 1. The van der Waals surface area contributed by atoms with E-state index in [0.717, 1.165) is 0 Å². The molecular weight excluding hydrogens is 292 g/mol. The topological polar surface area (TPSA) is 77.9 Å². The molecule has 0 bridgehead atoms. The molecule has 2 atom stereocenters. The molecule has 0 radical (unpaired) electrons. The third-order valence-corrected chi connectivity index (χ3v) is 5.88. The molecule has 2 fully saturated rings. The van der Waals surface area contributed by atoms with Crippen LogP contribution >= 0.6 is 0 Å². The van der Waals surface area contributed by atoms with Gasteiger partial charge in [-0.05, 0) is 5.41 Å². The molecule has 1 amide bonds. The lowest BCUT2D eigenvalue weighted by atomic mass is 9.90. The fraction of sp³-hybridized carbons (Fsp3) is 0.929. The molecule has 0 aliphatic carbocycles. The number of amides is 1. The average molecular weight is 318 g/mol. The third kappa shape index (κ3) is 3.96. The number of aliphatic hydroxyl groups excluding tert-OH is 1. The van der Waals surface area contributed by atoms with Crippen molar-refractivity contribution in [2.45, 2.75) is 39.3 Å². The number of nitrogens with zero attached hydrogens (tertiary/aromatic N) is 2. The maximum atomic E-state index is 12.5. The first-order valence-electron chi connectivity index (χ1n) is 7.48. The van der Waals surface area contributed by atoms with Crippen LogP contribution in [0.5, 0.6) is 0 Å². The van der Waals surface area contributed by atoms with E-state index in [-0.39, 0.29) is 41.5 Å².